The lowest BCUT2D eigenvalue weighted by atomic mass is 10.00. The van der Waals surface area contributed by atoms with Gasteiger partial charge in [0.2, 0.25) is 0 Å². The van der Waals surface area contributed by atoms with Crippen LogP contribution in [0.2, 0.25) is 0 Å². The smallest absolute Gasteiger partial charge is 0.433 e. The normalized spacial score (nSPS) is 11.1. The predicted octanol–water partition coefficient (Wildman–Crippen LogP) is 5.34. The number of hydrogen-bond donors (Lipinski definition) is 3. The van der Waals surface area contributed by atoms with Crippen molar-refractivity contribution in [2.45, 2.75) is 39.3 Å². The van der Waals surface area contributed by atoms with Crippen molar-refractivity contribution in [1.29, 1.82) is 10.7 Å². The number of nitrogens with zero attached hydrogens (tertiary/aromatic N) is 1. The van der Waals surface area contributed by atoms with E-state index in [2.05, 4.69) is 11.4 Å². The summed E-state index contributed by atoms with van der Waals surface area (Å²) in [4.78, 5) is 0. The molecule has 0 radical (unpaired) electrons. The molecular weight excluding hydrogens is 395 g/mol. The van der Waals surface area contributed by atoms with Gasteiger partial charge in [-0.1, -0.05) is 13.3 Å². The number of phenols is 1. The largest absolute Gasteiger partial charge is 0.507 e. The first-order valence-electron chi connectivity index (χ1n) is 9.57. The van der Waals surface area contributed by atoms with Crippen LogP contribution < -0.4 is 10.1 Å². The summed E-state index contributed by atoms with van der Waals surface area (Å²) in [6.45, 7) is 4.64. The van der Waals surface area contributed by atoms with E-state index in [-0.39, 0.29) is 5.56 Å². The molecule has 0 amide bonds. The Labute approximate surface area is 173 Å². The number of nitriles is 1. The fourth-order valence-electron chi connectivity index (χ4n) is 3.01. The molecule has 5 nitrogen and oxygen atoms in total. The molecule has 160 valence electrons. The van der Waals surface area contributed by atoms with Crippen LogP contribution in [0.3, 0.4) is 0 Å². The molecule has 3 N–H and O–H groups in total. The van der Waals surface area contributed by atoms with Crippen LogP contribution in [0.15, 0.2) is 30.3 Å². The first-order valence-corrected chi connectivity index (χ1v) is 9.57. The molecule has 0 heterocycles. The lowest BCUT2D eigenvalue weighted by Gasteiger charge is -2.17. The Morgan fingerprint density at radius 2 is 2.00 bits per heavy atom. The van der Waals surface area contributed by atoms with Crippen molar-refractivity contribution in [3.8, 4) is 17.6 Å². The third kappa shape index (κ3) is 5.66. The molecule has 0 saturated carbocycles. The highest BCUT2D eigenvalue weighted by Gasteiger charge is 2.37. The lowest BCUT2D eigenvalue weighted by molar-refractivity contribution is -0.0588. The molecule has 0 aliphatic carbocycles. The maximum Gasteiger partial charge on any atom is 0.433 e. The van der Waals surface area contributed by atoms with Crippen molar-refractivity contribution in [1.82, 2.24) is 0 Å². The number of alkyl halides is 3. The van der Waals surface area contributed by atoms with E-state index in [1.165, 1.54) is 6.07 Å². The van der Waals surface area contributed by atoms with Gasteiger partial charge in [-0.05, 0) is 55.7 Å². The molecule has 0 aromatic heterocycles. The van der Waals surface area contributed by atoms with E-state index in [0.29, 0.717) is 43.7 Å². The van der Waals surface area contributed by atoms with Crippen LogP contribution in [0.1, 0.15) is 42.0 Å². The fourth-order valence-corrected chi connectivity index (χ4v) is 3.01. The zero-order chi connectivity index (χ0) is 22.3. The molecule has 0 spiro atoms. The van der Waals surface area contributed by atoms with Gasteiger partial charge >= 0.3 is 6.18 Å². The molecule has 0 aliphatic heterocycles. The second kappa shape index (κ2) is 10.0. The van der Waals surface area contributed by atoms with E-state index in [0.717, 1.165) is 17.3 Å². The molecule has 0 atom stereocenters. The summed E-state index contributed by atoms with van der Waals surface area (Å²) < 4.78 is 44.2. The molecule has 2 rings (SSSR count). The van der Waals surface area contributed by atoms with Crippen molar-refractivity contribution in [3.63, 3.8) is 0 Å². The summed E-state index contributed by atoms with van der Waals surface area (Å²) in [5.74, 6) is -0.231. The van der Waals surface area contributed by atoms with Gasteiger partial charge in [0.05, 0.1) is 18.2 Å². The van der Waals surface area contributed by atoms with Crippen molar-refractivity contribution in [2.24, 2.45) is 0 Å². The highest BCUT2D eigenvalue weighted by molar-refractivity contribution is 6.04. The van der Waals surface area contributed by atoms with Crippen molar-refractivity contribution in [2.75, 3.05) is 18.5 Å². The number of ether oxygens (including phenoxy) is 1. The lowest BCUT2D eigenvalue weighted by Crippen LogP contribution is -2.23. The van der Waals surface area contributed by atoms with Crippen molar-refractivity contribution < 1.29 is 23.0 Å². The van der Waals surface area contributed by atoms with E-state index in [1.807, 2.05) is 19.9 Å². The van der Waals surface area contributed by atoms with E-state index in [1.54, 1.807) is 12.1 Å². The average Bonchev–Trinajstić information content (AvgIpc) is 2.70. The monoisotopic (exact) mass is 419 g/mol. The number of phenolic OH excluding ortho intramolecular Hbond substituents is 1. The highest BCUT2D eigenvalue weighted by Crippen LogP contribution is 2.35. The van der Waals surface area contributed by atoms with E-state index >= 15 is 0 Å². The van der Waals surface area contributed by atoms with Gasteiger partial charge in [0.15, 0.2) is 0 Å². The van der Waals surface area contributed by atoms with Gasteiger partial charge in [-0.3, -0.25) is 5.41 Å². The van der Waals surface area contributed by atoms with Crippen LogP contribution in [-0.4, -0.2) is 30.1 Å². The van der Waals surface area contributed by atoms with Crippen LogP contribution >= 0.6 is 0 Å². The Morgan fingerprint density at radius 3 is 2.60 bits per heavy atom. The zero-order valence-corrected chi connectivity index (χ0v) is 16.9. The Hall–Kier alpha value is -3.21. The van der Waals surface area contributed by atoms with E-state index < -0.39 is 23.2 Å². The zero-order valence-electron chi connectivity index (χ0n) is 16.9. The molecule has 2 aromatic rings. The van der Waals surface area contributed by atoms with Gasteiger partial charge in [0.25, 0.3) is 0 Å². The third-order valence-corrected chi connectivity index (χ3v) is 4.54. The molecule has 30 heavy (non-hydrogen) atoms. The standard InChI is InChI=1S/C22H24F3N3O2/c1-3-5-16-19(9-7-17(20(16)29)21(27)22(23,24)25)30-11-4-10-28-18-8-6-15(13-26)12-14(18)2/h6-9,12,27-29H,3-5,10-11H2,1-2H3. The number of aromatic hydroxyl groups is 1. The second-order valence-corrected chi connectivity index (χ2v) is 6.83. The van der Waals surface area contributed by atoms with Crippen LogP contribution in [0, 0.1) is 23.7 Å². The summed E-state index contributed by atoms with van der Waals surface area (Å²) in [6, 6.07) is 9.88. The summed E-state index contributed by atoms with van der Waals surface area (Å²) in [6.07, 6.45) is -3.28. The topological polar surface area (TPSA) is 89.1 Å². The van der Waals surface area contributed by atoms with Crippen LogP contribution in [-0.2, 0) is 6.42 Å². The molecule has 0 saturated heterocycles. The van der Waals surface area contributed by atoms with Gasteiger partial charge in [-0.2, -0.15) is 18.4 Å². The first-order chi connectivity index (χ1) is 14.2. The maximum atomic E-state index is 12.8. The molecule has 0 bridgehead atoms. The maximum absolute atomic E-state index is 12.8. The number of hydrogen-bond acceptors (Lipinski definition) is 5. The van der Waals surface area contributed by atoms with Gasteiger partial charge in [0, 0.05) is 23.4 Å². The molecule has 0 fully saturated rings. The Bertz CT molecular complexity index is 950. The molecule has 0 aliphatic rings. The Kier molecular flexibility index (Phi) is 7.70. The van der Waals surface area contributed by atoms with Gasteiger partial charge < -0.3 is 15.2 Å². The Balaban J connectivity index is 2.00. The summed E-state index contributed by atoms with van der Waals surface area (Å²) in [7, 11) is 0. The van der Waals surface area contributed by atoms with Crippen LogP contribution in [0.4, 0.5) is 18.9 Å². The summed E-state index contributed by atoms with van der Waals surface area (Å²) in [5.41, 5.74) is 0.606. The second-order valence-electron chi connectivity index (χ2n) is 6.83. The van der Waals surface area contributed by atoms with Crippen molar-refractivity contribution in [3.05, 3.63) is 52.6 Å². The first kappa shape index (κ1) is 23.1. The molecule has 2 aromatic carbocycles. The molecule has 0 unspecified atom stereocenters. The predicted molar refractivity (Wildman–Crippen MR) is 109 cm³/mol. The van der Waals surface area contributed by atoms with Gasteiger partial charge in [-0.15, -0.1) is 0 Å². The van der Waals surface area contributed by atoms with Crippen molar-refractivity contribution >= 4 is 11.4 Å². The number of benzene rings is 2. The number of aryl methyl sites for hydroxylation is 1. The quantitative estimate of drug-likeness (QED) is 0.378. The minimum atomic E-state index is -4.83. The fraction of sp³-hybridized carbons (Fsp3) is 0.364. The minimum absolute atomic E-state index is 0.278. The minimum Gasteiger partial charge on any atom is -0.507 e. The number of nitrogens with one attached hydrogen (secondary N) is 2. The number of rotatable bonds is 9. The molecular formula is C22H24F3N3O2. The van der Waals surface area contributed by atoms with Crippen LogP contribution in [0.25, 0.3) is 0 Å². The average molecular weight is 419 g/mol. The number of halogens is 3. The highest BCUT2D eigenvalue weighted by atomic mass is 19.4. The van der Waals surface area contributed by atoms with Crippen LogP contribution in [0.5, 0.6) is 11.5 Å². The summed E-state index contributed by atoms with van der Waals surface area (Å²) >= 11 is 0. The van der Waals surface area contributed by atoms with Gasteiger partial charge in [0.1, 0.15) is 17.2 Å². The van der Waals surface area contributed by atoms with E-state index in [4.69, 9.17) is 15.4 Å². The number of anilines is 1. The van der Waals surface area contributed by atoms with E-state index in [9.17, 15) is 18.3 Å². The SMILES string of the molecule is CCCc1c(OCCCNc2ccc(C#N)cc2C)ccc(C(=N)C(F)(F)F)c1O. The molecule has 8 heteroatoms. The van der Waals surface area contributed by atoms with Gasteiger partial charge in [-0.25, -0.2) is 0 Å². The Morgan fingerprint density at radius 1 is 1.27 bits per heavy atom. The summed E-state index contributed by atoms with van der Waals surface area (Å²) in [5, 5.41) is 29.7. The third-order valence-electron chi connectivity index (χ3n) is 4.54.